The maximum Gasteiger partial charge on any atom is 0.358 e. The molecule has 1 aliphatic rings. The number of hydrogen-bond acceptors (Lipinski definition) is 3. The van der Waals surface area contributed by atoms with Crippen LogP contribution in [0.2, 0.25) is 0 Å². The van der Waals surface area contributed by atoms with Crippen LogP contribution >= 0.6 is 0 Å². The Morgan fingerprint density at radius 1 is 1.32 bits per heavy atom. The first-order chi connectivity index (χ1) is 9.09. The Morgan fingerprint density at radius 2 is 1.95 bits per heavy atom. The van der Waals surface area contributed by atoms with E-state index in [1.165, 1.54) is 25.7 Å². The van der Waals surface area contributed by atoms with Gasteiger partial charge in [-0.3, -0.25) is 0 Å². The third-order valence-electron chi connectivity index (χ3n) is 3.77. The van der Waals surface area contributed by atoms with Gasteiger partial charge < -0.3 is 5.11 Å². The molecule has 0 aliphatic heterocycles. The van der Waals surface area contributed by atoms with Gasteiger partial charge in [0.2, 0.25) is 0 Å². The van der Waals surface area contributed by atoms with Crippen molar-refractivity contribution in [3.63, 3.8) is 0 Å². The van der Waals surface area contributed by atoms with Crippen LogP contribution in [0.15, 0.2) is 0 Å². The van der Waals surface area contributed by atoms with E-state index in [1.807, 2.05) is 4.68 Å². The summed E-state index contributed by atoms with van der Waals surface area (Å²) in [6.45, 7) is 4.19. The first kappa shape index (κ1) is 14.0. The van der Waals surface area contributed by atoms with Crippen LogP contribution in [-0.2, 0) is 6.42 Å². The summed E-state index contributed by atoms with van der Waals surface area (Å²) in [7, 11) is 0. The molecule has 1 saturated carbocycles. The molecule has 0 amide bonds. The molecule has 0 bridgehead atoms. The zero-order valence-corrected chi connectivity index (χ0v) is 11.8. The van der Waals surface area contributed by atoms with Gasteiger partial charge in [-0.1, -0.05) is 44.7 Å². The van der Waals surface area contributed by atoms with Gasteiger partial charge in [0.1, 0.15) is 0 Å². The van der Waals surface area contributed by atoms with E-state index in [2.05, 4.69) is 24.2 Å². The average Bonchev–Trinajstić information content (AvgIpc) is 2.59. The quantitative estimate of drug-likeness (QED) is 0.849. The van der Waals surface area contributed by atoms with Crippen molar-refractivity contribution in [2.45, 2.75) is 64.8 Å². The number of carboxylic acid groups (broad SMARTS) is 1. The minimum atomic E-state index is -0.962. The predicted molar refractivity (Wildman–Crippen MR) is 72.3 cm³/mol. The summed E-state index contributed by atoms with van der Waals surface area (Å²) >= 11 is 0. The summed E-state index contributed by atoms with van der Waals surface area (Å²) in [5, 5.41) is 17.3. The molecule has 1 heterocycles. The van der Waals surface area contributed by atoms with E-state index in [-0.39, 0.29) is 5.69 Å². The van der Waals surface area contributed by atoms with Crippen molar-refractivity contribution in [1.82, 2.24) is 15.0 Å². The maximum absolute atomic E-state index is 11.3. The number of rotatable bonds is 4. The predicted octanol–water partition coefficient (Wildman–Crippen LogP) is 3.07. The van der Waals surface area contributed by atoms with Crippen LogP contribution in [0.25, 0.3) is 0 Å². The van der Waals surface area contributed by atoms with E-state index in [1.54, 1.807) is 0 Å². The molecule has 5 heteroatoms. The van der Waals surface area contributed by atoms with Gasteiger partial charge in [0.25, 0.3) is 0 Å². The normalized spacial score (nSPS) is 17.6. The van der Waals surface area contributed by atoms with Crippen molar-refractivity contribution in [3.05, 3.63) is 11.4 Å². The van der Waals surface area contributed by atoms with Crippen molar-refractivity contribution >= 4 is 5.97 Å². The van der Waals surface area contributed by atoms with Crippen LogP contribution in [0.3, 0.4) is 0 Å². The molecule has 0 aromatic carbocycles. The SMILES string of the molecule is CC(C)Cc1c(C(=O)O)nnn1C1CCCCCC1. The van der Waals surface area contributed by atoms with Gasteiger partial charge in [-0.2, -0.15) is 0 Å². The minimum Gasteiger partial charge on any atom is -0.476 e. The van der Waals surface area contributed by atoms with Gasteiger partial charge in [-0.05, 0) is 25.2 Å². The van der Waals surface area contributed by atoms with Gasteiger partial charge in [-0.15, -0.1) is 5.10 Å². The Balaban J connectivity index is 2.29. The fraction of sp³-hybridized carbons (Fsp3) is 0.786. The van der Waals surface area contributed by atoms with E-state index in [4.69, 9.17) is 0 Å². The van der Waals surface area contributed by atoms with Crippen LogP contribution < -0.4 is 0 Å². The van der Waals surface area contributed by atoms with Crippen LogP contribution in [0.5, 0.6) is 0 Å². The molecule has 19 heavy (non-hydrogen) atoms. The van der Waals surface area contributed by atoms with Gasteiger partial charge in [0, 0.05) is 0 Å². The van der Waals surface area contributed by atoms with E-state index in [9.17, 15) is 9.90 Å². The number of carboxylic acids is 1. The molecule has 0 radical (unpaired) electrons. The molecule has 0 spiro atoms. The first-order valence-electron chi connectivity index (χ1n) is 7.27. The lowest BCUT2D eigenvalue weighted by Crippen LogP contribution is -2.16. The Hall–Kier alpha value is -1.39. The summed E-state index contributed by atoms with van der Waals surface area (Å²) in [5.41, 5.74) is 0.937. The Bertz CT molecular complexity index is 432. The first-order valence-corrected chi connectivity index (χ1v) is 7.27. The number of nitrogens with zero attached hydrogens (tertiary/aromatic N) is 3. The molecule has 1 aromatic heterocycles. The van der Waals surface area contributed by atoms with Gasteiger partial charge in [0.15, 0.2) is 5.69 Å². The molecule has 1 fully saturated rings. The van der Waals surface area contributed by atoms with Crippen molar-refractivity contribution in [2.24, 2.45) is 5.92 Å². The Labute approximate surface area is 114 Å². The van der Waals surface area contributed by atoms with Crippen molar-refractivity contribution in [2.75, 3.05) is 0 Å². The third-order valence-corrected chi connectivity index (χ3v) is 3.77. The van der Waals surface area contributed by atoms with Crippen LogP contribution in [-0.4, -0.2) is 26.1 Å². The molecule has 0 atom stereocenters. The van der Waals surface area contributed by atoms with E-state index in [0.29, 0.717) is 12.0 Å². The molecule has 0 saturated heterocycles. The number of hydrogen-bond donors (Lipinski definition) is 1. The molecule has 1 aromatic rings. The molecule has 0 unspecified atom stereocenters. The molecule has 1 N–H and O–H groups in total. The van der Waals surface area contributed by atoms with E-state index >= 15 is 0 Å². The van der Waals surface area contributed by atoms with E-state index < -0.39 is 5.97 Å². The largest absolute Gasteiger partial charge is 0.476 e. The molecular formula is C14H23N3O2. The average molecular weight is 265 g/mol. The zero-order chi connectivity index (χ0) is 13.8. The number of aromatic nitrogens is 3. The summed E-state index contributed by atoms with van der Waals surface area (Å²) in [6.07, 6.45) is 7.86. The second kappa shape index (κ2) is 6.17. The Morgan fingerprint density at radius 3 is 2.47 bits per heavy atom. The van der Waals surface area contributed by atoms with Crippen LogP contribution in [0, 0.1) is 5.92 Å². The smallest absolute Gasteiger partial charge is 0.358 e. The van der Waals surface area contributed by atoms with Gasteiger partial charge in [0.05, 0.1) is 11.7 Å². The second-order valence-corrected chi connectivity index (χ2v) is 5.88. The van der Waals surface area contributed by atoms with Crippen LogP contribution in [0.1, 0.15) is 74.6 Å². The molecule has 106 valence electrons. The van der Waals surface area contributed by atoms with Crippen molar-refractivity contribution < 1.29 is 9.90 Å². The van der Waals surface area contributed by atoms with Gasteiger partial charge in [-0.25, -0.2) is 9.48 Å². The lowest BCUT2D eigenvalue weighted by molar-refractivity contribution is 0.0689. The van der Waals surface area contributed by atoms with E-state index in [0.717, 1.165) is 25.0 Å². The molecule has 1 aliphatic carbocycles. The lowest BCUT2D eigenvalue weighted by Gasteiger charge is -2.18. The monoisotopic (exact) mass is 265 g/mol. The maximum atomic E-state index is 11.3. The highest BCUT2D eigenvalue weighted by Crippen LogP contribution is 2.28. The van der Waals surface area contributed by atoms with Crippen molar-refractivity contribution in [3.8, 4) is 0 Å². The Kier molecular flexibility index (Phi) is 4.56. The highest BCUT2D eigenvalue weighted by molar-refractivity contribution is 5.86. The number of carbonyl (C=O) groups is 1. The summed E-state index contributed by atoms with van der Waals surface area (Å²) in [6, 6.07) is 0.330. The number of aromatic carboxylic acids is 1. The van der Waals surface area contributed by atoms with Gasteiger partial charge >= 0.3 is 5.97 Å². The fourth-order valence-electron chi connectivity index (χ4n) is 2.85. The zero-order valence-electron chi connectivity index (χ0n) is 11.8. The molecular weight excluding hydrogens is 242 g/mol. The fourth-order valence-corrected chi connectivity index (χ4v) is 2.85. The summed E-state index contributed by atoms with van der Waals surface area (Å²) < 4.78 is 1.90. The second-order valence-electron chi connectivity index (χ2n) is 5.88. The summed E-state index contributed by atoms with van der Waals surface area (Å²) in [4.78, 5) is 11.3. The minimum absolute atomic E-state index is 0.137. The molecule has 2 rings (SSSR count). The van der Waals surface area contributed by atoms with Crippen molar-refractivity contribution in [1.29, 1.82) is 0 Å². The standard InChI is InChI=1S/C14H23N3O2/c1-10(2)9-12-13(14(18)19)15-16-17(12)11-7-5-3-4-6-8-11/h10-11H,3-9H2,1-2H3,(H,18,19). The van der Waals surface area contributed by atoms with Crippen LogP contribution in [0.4, 0.5) is 0 Å². The topological polar surface area (TPSA) is 68.0 Å². The highest BCUT2D eigenvalue weighted by atomic mass is 16.4. The third kappa shape index (κ3) is 3.33. The highest BCUT2D eigenvalue weighted by Gasteiger charge is 2.24. The lowest BCUT2D eigenvalue weighted by atomic mass is 10.0. The molecule has 5 nitrogen and oxygen atoms in total. The summed E-state index contributed by atoms with van der Waals surface area (Å²) in [5.74, 6) is -0.559.